The van der Waals surface area contributed by atoms with Crippen molar-refractivity contribution >= 4 is 15.9 Å². The van der Waals surface area contributed by atoms with Gasteiger partial charge < -0.3 is 14.2 Å². The van der Waals surface area contributed by atoms with Crippen LogP contribution in [-0.4, -0.2) is 57.1 Å². The number of amides is 1. The van der Waals surface area contributed by atoms with Gasteiger partial charge >= 0.3 is 6.36 Å². The lowest BCUT2D eigenvalue weighted by Gasteiger charge is -2.31. The number of hydrogen-bond acceptors (Lipinski definition) is 7. The number of nitrogens with zero attached hydrogens (tertiary/aromatic N) is 1. The smallest absolute Gasteiger partial charge is 0.490 e. The Morgan fingerprint density at radius 1 is 0.973 bits per heavy atom. The predicted molar refractivity (Wildman–Crippen MR) is 124 cm³/mol. The molecule has 4 rings (SSSR count). The van der Waals surface area contributed by atoms with Crippen LogP contribution in [0.3, 0.4) is 0 Å². The molecule has 0 radical (unpaired) electrons. The number of alkyl halides is 3. The van der Waals surface area contributed by atoms with Gasteiger partial charge in [0.25, 0.3) is 5.91 Å². The number of benzene rings is 2. The molecule has 2 saturated heterocycles. The molecule has 2 aliphatic heterocycles. The highest BCUT2D eigenvalue weighted by atomic mass is 32.2. The summed E-state index contributed by atoms with van der Waals surface area (Å²) < 4.78 is 80.0. The minimum atomic E-state index is -4.78. The summed E-state index contributed by atoms with van der Waals surface area (Å²) in [4.78, 5) is 17.9. The monoisotopic (exact) mass is 544 g/mol. The molecule has 13 heteroatoms. The average Bonchev–Trinajstić information content (AvgIpc) is 2.88. The molecule has 0 saturated carbocycles. The number of ether oxygens (including phenoxy) is 3. The summed E-state index contributed by atoms with van der Waals surface area (Å²) in [6.07, 6.45) is -2.52. The van der Waals surface area contributed by atoms with Gasteiger partial charge in [-0.05, 0) is 62.1 Å². The molecule has 0 bridgehead atoms. The van der Waals surface area contributed by atoms with Crippen molar-refractivity contribution in [3.63, 3.8) is 0 Å². The molecule has 2 aromatic carbocycles. The van der Waals surface area contributed by atoms with E-state index in [2.05, 4.69) is 10.2 Å². The highest BCUT2D eigenvalue weighted by Gasteiger charge is 2.33. The molecule has 37 heavy (non-hydrogen) atoms. The summed E-state index contributed by atoms with van der Waals surface area (Å²) in [5.41, 5.74) is 2.25. The van der Waals surface area contributed by atoms with Crippen LogP contribution in [0, 0.1) is 0 Å². The van der Waals surface area contributed by atoms with Crippen molar-refractivity contribution in [1.82, 2.24) is 9.79 Å². The highest BCUT2D eigenvalue weighted by Crippen LogP contribution is 2.28. The average molecular weight is 545 g/mol. The van der Waals surface area contributed by atoms with E-state index in [0.29, 0.717) is 31.6 Å². The van der Waals surface area contributed by atoms with Gasteiger partial charge in [-0.25, -0.2) is 18.7 Å². The highest BCUT2D eigenvalue weighted by molar-refractivity contribution is 7.89. The third-order valence-corrected chi connectivity index (χ3v) is 7.89. The fourth-order valence-corrected chi connectivity index (χ4v) is 5.76. The number of hydrogen-bond donors (Lipinski definition) is 1. The van der Waals surface area contributed by atoms with Gasteiger partial charge in [-0.1, -0.05) is 12.1 Å². The Balaban J connectivity index is 1.34. The first-order valence-electron chi connectivity index (χ1n) is 11.8. The van der Waals surface area contributed by atoms with Crippen molar-refractivity contribution in [1.29, 1.82) is 0 Å². The molecule has 0 aliphatic carbocycles. The molecule has 2 aromatic rings. The standard InChI is InChI=1S/C24H27F3N2O7S/c25-24(26,27)35-19-10-8-17(9-11-19)34-18-12-14-29(15-13-18)37(31,32)21-6-2-1-5-20(21)23(30)28-36-22-7-3-4-16-33-22/h1-2,5-6,8-11,18,22H,3-4,7,12-16H2,(H,28,30). The van der Waals surface area contributed by atoms with E-state index in [1.54, 1.807) is 6.07 Å². The third-order valence-electron chi connectivity index (χ3n) is 5.93. The maximum Gasteiger partial charge on any atom is 0.573 e. The second-order valence-corrected chi connectivity index (χ2v) is 10.5. The summed E-state index contributed by atoms with van der Waals surface area (Å²) in [6.45, 7) is 0.818. The molecule has 1 unspecified atom stereocenters. The van der Waals surface area contributed by atoms with Gasteiger partial charge in [0.15, 0.2) is 6.29 Å². The zero-order chi connectivity index (χ0) is 26.5. The Morgan fingerprint density at radius 3 is 2.30 bits per heavy atom. The van der Waals surface area contributed by atoms with Crippen molar-refractivity contribution in [3.8, 4) is 11.5 Å². The number of sulfonamides is 1. The fraction of sp³-hybridized carbons (Fsp3) is 0.458. The topological polar surface area (TPSA) is 103 Å². The molecule has 1 N–H and O–H groups in total. The van der Waals surface area contributed by atoms with Crippen LogP contribution >= 0.6 is 0 Å². The molecule has 1 atom stereocenters. The van der Waals surface area contributed by atoms with Crippen molar-refractivity contribution in [2.24, 2.45) is 0 Å². The van der Waals surface area contributed by atoms with Crippen LogP contribution < -0.4 is 15.0 Å². The maximum atomic E-state index is 13.4. The van der Waals surface area contributed by atoms with Gasteiger partial charge in [0, 0.05) is 26.1 Å². The van der Waals surface area contributed by atoms with Crippen molar-refractivity contribution in [3.05, 3.63) is 54.1 Å². The number of nitrogens with one attached hydrogen (secondary N) is 1. The van der Waals surface area contributed by atoms with Crippen LogP contribution in [0.5, 0.6) is 11.5 Å². The summed E-state index contributed by atoms with van der Waals surface area (Å²) >= 11 is 0. The quantitative estimate of drug-likeness (QED) is 0.501. The van der Waals surface area contributed by atoms with Crippen molar-refractivity contribution in [2.45, 2.75) is 55.8 Å². The molecular formula is C24H27F3N2O7S. The fourth-order valence-electron chi connectivity index (χ4n) is 4.10. The van der Waals surface area contributed by atoms with Gasteiger partial charge in [-0.3, -0.25) is 4.79 Å². The van der Waals surface area contributed by atoms with Gasteiger partial charge in [-0.15, -0.1) is 13.2 Å². The Bertz CT molecular complexity index is 1160. The van der Waals surface area contributed by atoms with Crippen molar-refractivity contribution < 1.29 is 45.4 Å². The molecule has 0 spiro atoms. The Hall–Kier alpha value is -2.87. The molecule has 202 valence electrons. The number of hydroxylamine groups is 1. The van der Waals surface area contributed by atoms with Gasteiger partial charge in [0.05, 0.1) is 10.5 Å². The second-order valence-electron chi connectivity index (χ2n) is 8.58. The first kappa shape index (κ1) is 27.2. The summed E-state index contributed by atoms with van der Waals surface area (Å²) in [6, 6.07) is 10.9. The molecular weight excluding hydrogens is 517 g/mol. The van der Waals surface area contributed by atoms with E-state index in [4.69, 9.17) is 14.3 Å². The Labute approximate surface area is 212 Å². The summed E-state index contributed by atoms with van der Waals surface area (Å²) in [5, 5.41) is 0. The van der Waals surface area contributed by atoms with Crippen LogP contribution in [0.25, 0.3) is 0 Å². The van der Waals surface area contributed by atoms with E-state index < -0.39 is 28.6 Å². The van der Waals surface area contributed by atoms with E-state index >= 15 is 0 Å². The van der Waals surface area contributed by atoms with E-state index in [-0.39, 0.29) is 35.4 Å². The van der Waals surface area contributed by atoms with Crippen LogP contribution in [0.2, 0.25) is 0 Å². The summed E-state index contributed by atoms with van der Waals surface area (Å²) in [7, 11) is -3.99. The van der Waals surface area contributed by atoms with Gasteiger partial charge in [-0.2, -0.15) is 4.31 Å². The minimum Gasteiger partial charge on any atom is -0.490 e. The first-order chi connectivity index (χ1) is 17.6. The Morgan fingerprint density at radius 2 is 1.65 bits per heavy atom. The number of piperidine rings is 1. The van der Waals surface area contributed by atoms with Crippen molar-refractivity contribution in [2.75, 3.05) is 19.7 Å². The zero-order valence-electron chi connectivity index (χ0n) is 19.8. The SMILES string of the molecule is O=C(NOC1CCCCO1)c1ccccc1S(=O)(=O)N1CCC(Oc2ccc(OC(F)(F)F)cc2)CC1. The molecule has 0 aromatic heterocycles. The van der Waals surface area contributed by atoms with Gasteiger partial charge in [0.1, 0.15) is 17.6 Å². The predicted octanol–water partition coefficient (Wildman–Crippen LogP) is 4.01. The van der Waals surface area contributed by atoms with Crippen LogP contribution in [0.15, 0.2) is 53.4 Å². The summed E-state index contributed by atoms with van der Waals surface area (Å²) in [5.74, 6) is -0.704. The number of carbonyl (C=O) groups excluding carboxylic acids is 1. The zero-order valence-corrected chi connectivity index (χ0v) is 20.6. The number of halogens is 3. The lowest BCUT2D eigenvalue weighted by atomic mass is 10.1. The second kappa shape index (κ2) is 11.7. The minimum absolute atomic E-state index is 0.0437. The third kappa shape index (κ3) is 7.34. The maximum absolute atomic E-state index is 13.4. The van der Waals surface area contributed by atoms with Crippen LogP contribution in [0.1, 0.15) is 42.5 Å². The lowest BCUT2D eigenvalue weighted by molar-refractivity contribution is -0.274. The molecule has 9 nitrogen and oxygen atoms in total. The lowest BCUT2D eigenvalue weighted by Crippen LogP contribution is -2.42. The number of carbonyl (C=O) groups is 1. The van der Waals surface area contributed by atoms with Crippen LogP contribution in [-0.2, 0) is 19.6 Å². The van der Waals surface area contributed by atoms with Crippen LogP contribution in [0.4, 0.5) is 13.2 Å². The van der Waals surface area contributed by atoms with E-state index in [9.17, 15) is 26.4 Å². The normalized spacial score (nSPS) is 19.8. The molecule has 2 heterocycles. The number of rotatable bonds is 8. The first-order valence-corrected chi connectivity index (χ1v) is 13.2. The molecule has 2 aliphatic rings. The Kier molecular flexibility index (Phi) is 8.57. The van der Waals surface area contributed by atoms with E-state index in [1.807, 2.05) is 0 Å². The van der Waals surface area contributed by atoms with Gasteiger partial charge in [0.2, 0.25) is 10.0 Å². The van der Waals surface area contributed by atoms with E-state index in [1.165, 1.54) is 34.6 Å². The molecule has 2 fully saturated rings. The largest absolute Gasteiger partial charge is 0.573 e. The molecule has 1 amide bonds. The van der Waals surface area contributed by atoms with E-state index in [0.717, 1.165) is 25.0 Å².